The van der Waals surface area contributed by atoms with Gasteiger partial charge in [0.25, 0.3) is 0 Å². The molecule has 3 heteroatoms. The molecule has 24 heavy (non-hydrogen) atoms. The van der Waals surface area contributed by atoms with Gasteiger partial charge in [0, 0.05) is 24.5 Å². The number of benzene rings is 1. The number of thiophene rings is 1. The molecule has 0 aliphatic carbocycles. The van der Waals surface area contributed by atoms with E-state index in [1.54, 1.807) is 11.1 Å². The molecular formula is C21H30N2S. The number of fused-ring (bicyclic) bond motifs is 1. The fourth-order valence-corrected chi connectivity index (χ4v) is 4.33. The zero-order chi connectivity index (χ0) is 16.9. The summed E-state index contributed by atoms with van der Waals surface area (Å²) in [7, 11) is 2.26. The zero-order valence-electron chi connectivity index (χ0n) is 15.3. The monoisotopic (exact) mass is 342 g/mol. The van der Waals surface area contributed by atoms with Crippen LogP contribution in [0.4, 0.5) is 0 Å². The van der Waals surface area contributed by atoms with Gasteiger partial charge in [-0.3, -0.25) is 4.90 Å². The summed E-state index contributed by atoms with van der Waals surface area (Å²) in [6.07, 6.45) is 3.76. The van der Waals surface area contributed by atoms with Crippen molar-refractivity contribution in [1.82, 2.24) is 9.80 Å². The van der Waals surface area contributed by atoms with Crippen LogP contribution >= 0.6 is 11.3 Å². The smallest absolute Gasteiger partial charge is 0.0240 e. The van der Waals surface area contributed by atoms with Crippen molar-refractivity contribution in [2.24, 2.45) is 0 Å². The van der Waals surface area contributed by atoms with Crippen LogP contribution in [0.1, 0.15) is 40.0 Å². The fraction of sp³-hybridized carbons (Fsp3) is 0.524. The molecule has 0 fully saturated rings. The Hall–Kier alpha value is -1.16. The molecule has 0 radical (unpaired) electrons. The standard InChI is InChI=1S/C21H30N2S/c1-17-13-19-15-23(16-20(19)14-18(17)2)11-6-10-22(3)9-4-7-21-8-5-12-24-21/h5,8,12-14H,4,6-7,9-11,15-16H2,1-3H3. The van der Waals surface area contributed by atoms with Gasteiger partial charge in [-0.25, -0.2) is 0 Å². The Bertz CT molecular complexity index is 617. The minimum Gasteiger partial charge on any atom is -0.306 e. The van der Waals surface area contributed by atoms with Crippen molar-refractivity contribution in [3.05, 3.63) is 56.8 Å². The van der Waals surface area contributed by atoms with Crippen molar-refractivity contribution < 1.29 is 0 Å². The van der Waals surface area contributed by atoms with Gasteiger partial charge in [0.15, 0.2) is 0 Å². The molecule has 1 aliphatic heterocycles. The molecule has 3 rings (SSSR count). The van der Waals surface area contributed by atoms with Crippen LogP contribution in [0.3, 0.4) is 0 Å². The number of aryl methyl sites for hydroxylation is 3. The summed E-state index contributed by atoms with van der Waals surface area (Å²) in [5.41, 5.74) is 5.95. The first-order valence-electron chi connectivity index (χ1n) is 9.14. The Morgan fingerprint density at radius 2 is 1.71 bits per heavy atom. The predicted octanol–water partition coefficient (Wildman–Crippen LogP) is 4.64. The van der Waals surface area contributed by atoms with E-state index in [9.17, 15) is 0 Å². The van der Waals surface area contributed by atoms with E-state index in [0.717, 1.165) is 13.1 Å². The summed E-state index contributed by atoms with van der Waals surface area (Å²) in [5, 5.41) is 2.18. The van der Waals surface area contributed by atoms with Gasteiger partial charge >= 0.3 is 0 Å². The summed E-state index contributed by atoms with van der Waals surface area (Å²) in [6.45, 7) is 10.3. The summed E-state index contributed by atoms with van der Waals surface area (Å²) in [4.78, 5) is 6.61. The molecule has 130 valence electrons. The third kappa shape index (κ3) is 4.69. The lowest BCUT2D eigenvalue weighted by Crippen LogP contribution is -2.26. The van der Waals surface area contributed by atoms with Gasteiger partial charge in [0.05, 0.1) is 0 Å². The molecule has 0 N–H and O–H groups in total. The van der Waals surface area contributed by atoms with E-state index in [1.807, 2.05) is 11.3 Å². The van der Waals surface area contributed by atoms with Crippen molar-refractivity contribution in [1.29, 1.82) is 0 Å². The lowest BCUT2D eigenvalue weighted by molar-refractivity contribution is 0.249. The molecule has 1 aliphatic rings. The van der Waals surface area contributed by atoms with Crippen LogP contribution in [-0.4, -0.2) is 36.5 Å². The molecular weight excluding hydrogens is 312 g/mol. The van der Waals surface area contributed by atoms with E-state index in [4.69, 9.17) is 0 Å². The van der Waals surface area contributed by atoms with Crippen molar-refractivity contribution in [3.63, 3.8) is 0 Å². The molecule has 1 aromatic heterocycles. The first kappa shape index (κ1) is 17.7. The zero-order valence-corrected chi connectivity index (χ0v) is 16.2. The molecule has 1 aromatic carbocycles. The van der Waals surface area contributed by atoms with E-state index < -0.39 is 0 Å². The maximum atomic E-state index is 2.60. The summed E-state index contributed by atoms with van der Waals surface area (Å²) < 4.78 is 0. The van der Waals surface area contributed by atoms with Crippen molar-refractivity contribution in [2.75, 3.05) is 26.7 Å². The second kappa shape index (κ2) is 8.28. The lowest BCUT2D eigenvalue weighted by Gasteiger charge is -2.19. The Morgan fingerprint density at radius 3 is 2.33 bits per heavy atom. The van der Waals surface area contributed by atoms with E-state index >= 15 is 0 Å². The lowest BCUT2D eigenvalue weighted by atomic mass is 10.0. The first-order valence-corrected chi connectivity index (χ1v) is 10.0. The number of hydrogen-bond acceptors (Lipinski definition) is 3. The Morgan fingerprint density at radius 1 is 1.04 bits per heavy atom. The Balaban J connectivity index is 1.33. The van der Waals surface area contributed by atoms with Gasteiger partial charge in [0.1, 0.15) is 0 Å². The van der Waals surface area contributed by atoms with Crippen LogP contribution in [0, 0.1) is 13.8 Å². The van der Waals surface area contributed by atoms with E-state index in [0.29, 0.717) is 0 Å². The topological polar surface area (TPSA) is 6.48 Å². The highest BCUT2D eigenvalue weighted by Crippen LogP contribution is 2.25. The van der Waals surface area contributed by atoms with Gasteiger partial charge < -0.3 is 4.90 Å². The molecule has 2 nitrogen and oxygen atoms in total. The molecule has 0 spiro atoms. The fourth-order valence-electron chi connectivity index (χ4n) is 3.58. The molecule has 0 unspecified atom stereocenters. The highest BCUT2D eigenvalue weighted by molar-refractivity contribution is 7.09. The van der Waals surface area contributed by atoms with Crippen LogP contribution in [0.2, 0.25) is 0 Å². The van der Waals surface area contributed by atoms with E-state index in [-0.39, 0.29) is 0 Å². The van der Waals surface area contributed by atoms with Crippen LogP contribution in [0.15, 0.2) is 29.6 Å². The highest BCUT2D eigenvalue weighted by Gasteiger charge is 2.19. The summed E-state index contributed by atoms with van der Waals surface area (Å²) in [5.74, 6) is 0. The van der Waals surface area contributed by atoms with E-state index in [2.05, 4.69) is 60.3 Å². The Kier molecular flexibility index (Phi) is 6.09. The second-order valence-corrected chi connectivity index (χ2v) is 8.29. The number of nitrogens with zero attached hydrogens (tertiary/aromatic N) is 2. The van der Waals surface area contributed by atoms with Crippen molar-refractivity contribution in [2.45, 2.75) is 46.2 Å². The van der Waals surface area contributed by atoms with Crippen LogP contribution in [0.25, 0.3) is 0 Å². The van der Waals surface area contributed by atoms with Gasteiger partial charge in [-0.05, 0) is 86.9 Å². The Labute approximate surface area is 151 Å². The van der Waals surface area contributed by atoms with Crippen molar-refractivity contribution >= 4 is 11.3 Å². The van der Waals surface area contributed by atoms with Gasteiger partial charge in [-0.15, -0.1) is 11.3 Å². The van der Waals surface area contributed by atoms with E-state index in [1.165, 1.54) is 54.9 Å². The van der Waals surface area contributed by atoms with Crippen LogP contribution in [0.5, 0.6) is 0 Å². The molecule has 2 aromatic rings. The normalized spacial score (nSPS) is 14.5. The summed E-state index contributed by atoms with van der Waals surface area (Å²) >= 11 is 1.88. The molecule has 0 bridgehead atoms. The van der Waals surface area contributed by atoms with Gasteiger partial charge in [-0.2, -0.15) is 0 Å². The minimum atomic E-state index is 1.14. The predicted molar refractivity (Wildman–Crippen MR) is 105 cm³/mol. The maximum absolute atomic E-state index is 2.60. The number of rotatable bonds is 8. The van der Waals surface area contributed by atoms with Crippen LogP contribution in [-0.2, 0) is 19.5 Å². The molecule has 0 saturated heterocycles. The molecule has 2 heterocycles. The third-order valence-electron chi connectivity index (χ3n) is 5.16. The van der Waals surface area contributed by atoms with Gasteiger partial charge in [-0.1, -0.05) is 18.2 Å². The minimum absolute atomic E-state index is 1.14. The number of hydrogen-bond donors (Lipinski definition) is 0. The molecule has 0 saturated carbocycles. The second-order valence-electron chi connectivity index (χ2n) is 7.26. The first-order chi connectivity index (χ1) is 11.6. The average molecular weight is 343 g/mol. The quantitative estimate of drug-likeness (QED) is 0.690. The van der Waals surface area contributed by atoms with Crippen molar-refractivity contribution in [3.8, 4) is 0 Å². The third-order valence-corrected chi connectivity index (χ3v) is 6.10. The SMILES string of the molecule is Cc1cc2c(cc1C)CN(CCCN(C)CCCc1cccs1)C2. The van der Waals surface area contributed by atoms with Gasteiger partial charge in [0.2, 0.25) is 0 Å². The highest BCUT2D eigenvalue weighted by atomic mass is 32.1. The molecule has 0 amide bonds. The summed E-state index contributed by atoms with van der Waals surface area (Å²) in [6, 6.07) is 9.18. The maximum Gasteiger partial charge on any atom is 0.0240 e. The largest absolute Gasteiger partial charge is 0.306 e. The average Bonchev–Trinajstić information content (AvgIpc) is 3.17. The van der Waals surface area contributed by atoms with Crippen LogP contribution < -0.4 is 0 Å². The molecule has 0 atom stereocenters.